The van der Waals surface area contributed by atoms with Crippen LogP contribution in [-0.4, -0.2) is 34.1 Å². The number of fused-ring (bicyclic) bond motifs is 1. The van der Waals surface area contributed by atoms with E-state index in [1.807, 2.05) is 6.92 Å². The fourth-order valence-electron chi connectivity index (χ4n) is 4.34. The smallest absolute Gasteiger partial charge is 0.263 e. The van der Waals surface area contributed by atoms with E-state index in [2.05, 4.69) is 34.2 Å². The Kier molecular flexibility index (Phi) is 6.15. The average Bonchev–Trinajstić information content (AvgIpc) is 3.11. The highest BCUT2D eigenvalue weighted by molar-refractivity contribution is 5.88. The van der Waals surface area contributed by atoms with E-state index >= 15 is 0 Å². The lowest BCUT2D eigenvalue weighted by Crippen LogP contribution is -2.39. The molecule has 0 aliphatic carbocycles. The normalized spacial score (nSPS) is 19.0. The zero-order chi connectivity index (χ0) is 22.0. The van der Waals surface area contributed by atoms with Crippen LogP contribution in [-0.2, 0) is 17.8 Å². The SMILES string of the molecule is Cc1noc2nc(CCC(=O)NCc3ccccc3F)nc(N3C[C@@H](C)C[C@H](C)C3)c12. The van der Waals surface area contributed by atoms with Crippen molar-refractivity contribution in [3.8, 4) is 0 Å². The molecular weight excluding hydrogens is 397 g/mol. The number of halogens is 1. The second-order valence-electron chi connectivity index (χ2n) is 8.63. The summed E-state index contributed by atoms with van der Waals surface area (Å²) in [6, 6.07) is 6.41. The first-order valence-corrected chi connectivity index (χ1v) is 10.8. The van der Waals surface area contributed by atoms with Crippen LogP contribution in [0.4, 0.5) is 10.2 Å². The van der Waals surface area contributed by atoms with E-state index in [0.29, 0.717) is 35.4 Å². The van der Waals surface area contributed by atoms with Crippen LogP contribution in [0.1, 0.15) is 43.8 Å². The van der Waals surface area contributed by atoms with Gasteiger partial charge in [0, 0.05) is 38.0 Å². The Balaban J connectivity index is 1.48. The number of nitrogens with one attached hydrogen (secondary N) is 1. The van der Waals surface area contributed by atoms with Crippen molar-refractivity contribution in [1.82, 2.24) is 20.4 Å². The van der Waals surface area contributed by atoms with E-state index in [0.717, 1.165) is 30.0 Å². The summed E-state index contributed by atoms with van der Waals surface area (Å²) in [5.74, 6) is 2.02. The highest BCUT2D eigenvalue weighted by atomic mass is 19.1. The van der Waals surface area contributed by atoms with E-state index < -0.39 is 0 Å². The number of aryl methyl sites for hydroxylation is 2. The van der Waals surface area contributed by atoms with Crippen molar-refractivity contribution in [2.75, 3.05) is 18.0 Å². The number of nitrogens with zero attached hydrogens (tertiary/aromatic N) is 4. The van der Waals surface area contributed by atoms with Crippen molar-refractivity contribution in [2.45, 2.75) is 46.6 Å². The van der Waals surface area contributed by atoms with Crippen LogP contribution in [0.5, 0.6) is 0 Å². The zero-order valence-electron chi connectivity index (χ0n) is 18.2. The highest BCUT2D eigenvalue weighted by Crippen LogP contribution is 2.31. The molecule has 1 aromatic carbocycles. The number of piperidine rings is 1. The molecule has 0 bridgehead atoms. The first kappa shape index (κ1) is 21.2. The van der Waals surface area contributed by atoms with Crippen molar-refractivity contribution in [3.05, 3.63) is 47.2 Å². The molecule has 8 heteroatoms. The molecule has 0 radical (unpaired) electrons. The maximum absolute atomic E-state index is 13.7. The monoisotopic (exact) mass is 425 g/mol. The van der Waals surface area contributed by atoms with Crippen molar-refractivity contribution < 1.29 is 13.7 Å². The molecule has 1 fully saturated rings. The number of amides is 1. The van der Waals surface area contributed by atoms with E-state index in [1.54, 1.807) is 18.2 Å². The number of aromatic nitrogens is 3. The quantitative estimate of drug-likeness (QED) is 0.647. The lowest BCUT2D eigenvalue weighted by atomic mass is 9.92. The van der Waals surface area contributed by atoms with Gasteiger partial charge in [0.05, 0.1) is 5.69 Å². The van der Waals surface area contributed by atoms with E-state index in [9.17, 15) is 9.18 Å². The minimum atomic E-state index is -0.327. The second-order valence-corrected chi connectivity index (χ2v) is 8.63. The molecule has 4 rings (SSSR count). The molecule has 0 unspecified atom stereocenters. The third-order valence-corrected chi connectivity index (χ3v) is 5.71. The first-order chi connectivity index (χ1) is 14.9. The number of rotatable bonds is 6. The average molecular weight is 426 g/mol. The number of carbonyl (C=O) groups excluding carboxylic acids is 1. The zero-order valence-corrected chi connectivity index (χ0v) is 18.2. The van der Waals surface area contributed by atoms with Crippen LogP contribution in [0.3, 0.4) is 0 Å². The second kappa shape index (κ2) is 8.99. The van der Waals surface area contributed by atoms with Crippen LogP contribution in [0.15, 0.2) is 28.8 Å². The number of benzene rings is 1. The molecule has 1 saturated heterocycles. The summed E-state index contributed by atoms with van der Waals surface area (Å²) >= 11 is 0. The molecule has 164 valence electrons. The Morgan fingerprint density at radius 3 is 2.71 bits per heavy atom. The standard InChI is InChI=1S/C23H28FN5O2/c1-14-10-15(2)13-29(12-14)22-21-16(3)28-31-23(21)27-19(26-22)8-9-20(30)25-11-17-6-4-5-7-18(17)24/h4-7,14-15H,8-13H2,1-3H3,(H,25,30)/t14-,15-/m0/s1. The Hall–Kier alpha value is -3.03. The minimum absolute atomic E-state index is 0.154. The minimum Gasteiger partial charge on any atom is -0.355 e. The summed E-state index contributed by atoms with van der Waals surface area (Å²) in [6.45, 7) is 8.39. The van der Waals surface area contributed by atoms with Crippen molar-refractivity contribution in [3.63, 3.8) is 0 Å². The molecule has 2 aromatic heterocycles. The summed E-state index contributed by atoms with van der Waals surface area (Å²) in [5, 5.41) is 7.68. The molecule has 1 amide bonds. The molecule has 3 heterocycles. The number of hydrogen-bond donors (Lipinski definition) is 1. The van der Waals surface area contributed by atoms with E-state index in [4.69, 9.17) is 9.51 Å². The van der Waals surface area contributed by atoms with Gasteiger partial charge in [0.15, 0.2) is 0 Å². The van der Waals surface area contributed by atoms with Gasteiger partial charge in [-0.2, -0.15) is 4.98 Å². The number of carbonyl (C=O) groups is 1. The molecule has 0 spiro atoms. The summed E-state index contributed by atoms with van der Waals surface area (Å²) in [6.07, 6.45) is 1.77. The van der Waals surface area contributed by atoms with Crippen LogP contribution in [0, 0.1) is 24.6 Å². The molecule has 1 aliphatic rings. The third-order valence-electron chi connectivity index (χ3n) is 5.71. The van der Waals surface area contributed by atoms with Gasteiger partial charge < -0.3 is 14.7 Å². The van der Waals surface area contributed by atoms with E-state index in [1.165, 1.54) is 12.5 Å². The largest absolute Gasteiger partial charge is 0.355 e. The number of anilines is 1. The maximum Gasteiger partial charge on any atom is 0.263 e. The van der Waals surface area contributed by atoms with Crippen LogP contribution < -0.4 is 10.2 Å². The van der Waals surface area contributed by atoms with Gasteiger partial charge in [-0.1, -0.05) is 37.2 Å². The Bertz CT molecular complexity index is 1070. The molecule has 31 heavy (non-hydrogen) atoms. The number of hydrogen-bond acceptors (Lipinski definition) is 6. The molecule has 1 N–H and O–H groups in total. The Morgan fingerprint density at radius 2 is 1.97 bits per heavy atom. The van der Waals surface area contributed by atoms with Crippen LogP contribution >= 0.6 is 0 Å². The predicted octanol–water partition coefficient (Wildman–Crippen LogP) is 3.80. The fraction of sp³-hybridized carbons (Fsp3) is 0.478. The lowest BCUT2D eigenvalue weighted by molar-refractivity contribution is -0.121. The highest BCUT2D eigenvalue weighted by Gasteiger charge is 2.27. The topological polar surface area (TPSA) is 84.1 Å². The molecule has 0 saturated carbocycles. The summed E-state index contributed by atoms with van der Waals surface area (Å²) in [7, 11) is 0. The summed E-state index contributed by atoms with van der Waals surface area (Å²) < 4.78 is 19.2. The van der Waals surface area contributed by atoms with Gasteiger partial charge in [-0.15, -0.1) is 0 Å². The third kappa shape index (κ3) is 4.84. The van der Waals surface area contributed by atoms with E-state index in [-0.39, 0.29) is 24.7 Å². The first-order valence-electron chi connectivity index (χ1n) is 10.8. The maximum atomic E-state index is 13.7. The van der Waals surface area contributed by atoms with Gasteiger partial charge >= 0.3 is 0 Å². The van der Waals surface area contributed by atoms with Gasteiger partial charge in [0.2, 0.25) is 5.91 Å². The Morgan fingerprint density at radius 1 is 1.23 bits per heavy atom. The molecule has 2 atom stereocenters. The summed E-state index contributed by atoms with van der Waals surface area (Å²) in [5.41, 5.74) is 1.68. The van der Waals surface area contributed by atoms with Crippen molar-refractivity contribution >= 4 is 22.8 Å². The van der Waals surface area contributed by atoms with Crippen molar-refractivity contribution in [1.29, 1.82) is 0 Å². The molecular formula is C23H28FN5O2. The van der Waals surface area contributed by atoms with Crippen LogP contribution in [0.2, 0.25) is 0 Å². The van der Waals surface area contributed by atoms with Gasteiger partial charge in [-0.25, -0.2) is 9.37 Å². The molecule has 3 aromatic rings. The van der Waals surface area contributed by atoms with Gasteiger partial charge in [0.25, 0.3) is 5.71 Å². The fourth-order valence-corrected chi connectivity index (χ4v) is 4.34. The van der Waals surface area contributed by atoms with Gasteiger partial charge in [-0.3, -0.25) is 4.79 Å². The summed E-state index contributed by atoms with van der Waals surface area (Å²) in [4.78, 5) is 23.9. The molecule has 1 aliphatic heterocycles. The predicted molar refractivity (Wildman–Crippen MR) is 116 cm³/mol. The molecule has 7 nitrogen and oxygen atoms in total. The lowest BCUT2D eigenvalue weighted by Gasteiger charge is -2.36. The van der Waals surface area contributed by atoms with Gasteiger partial charge in [0.1, 0.15) is 22.8 Å². The Labute approximate surface area is 181 Å². The van der Waals surface area contributed by atoms with Crippen molar-refractivity contribution in [2.24, 2.45) is 11.8 Å². The van der Waals surface area contributed by atoms with Crippen LogP contribution in [0.25, 0.3) is 11.1 Å². The van der Waals surface area contributed by atoms with Gasteiger partial charge in [-0.05, 0) is 31.2 Å².